The number of carbonyl (C=O) groups is 2. The Morgan fingerprint density at radius 2 is 1.71 bits per heavy atom. The lowest BCUT2D eigenvalue weighted by Gasteiger charge is -2.39. The molecule has 0 aliphatic heterocycles. The molecule has 1 rings (SSSR count). The summed E-state index contributed by atoms with van der Waals surface area (Å²) >= 11 is 0. The Labute approximate surface area is 124 Å². The van der Waals surface area contributed by atoms with E-state index < -0.39 is 16.9 Å². The number of carbonyl (C=O) groups excluding carboxylic acids is 1. The summed E-state index contributed by atoms with van der Waals surface area (Å²) in [4.78, 5) is 24.5. The first-order chi connectivity index (χ1) is 9.49. The lowest BCUT2D eigenvalue weighted by Crippen LogP contribution is -2.50. The van der Waals surface area contributed by atoms with Crippen molar-refractivity contribution in [1.82, 2.24) is 15.1 Å². The molecule has 0 atom stereocenters. The van der Waals surface area contributed by atoms with Crippen LogP contribution in [0.15, 0.2) is 12.1 Å². The number of anilines is 1. The molecular formula is C14H22N4O3. The number of nitrogens with one attached hydrogen (secondary N) is 1. The number of hydrogen-bond donors (Lipinski definition) is 2. The van der Waals surface area contributed by atoms with Crippen LogP contribution in [0.1, 0.15) is 38.2 Å². The molecule has 0 fully saturated rings. The molecular weight excluding hydrogens is 272 g/mol. The molecule has 2 N–H and O–H groups in total. The van der Waals surface area contributed by atoms with Crippen LogP contribution in [0, 0.1) is 5.41 Å². The summed E-state index contributed by atoms with van der Waals surface area (Å²) in [6.07, 6.45) is 0. The fraction of sp³-hybridized carbons (Fsp3) is 0.571. The Balaban J connectivity index is 2.94. The van der Waals surface area contributed by atoms with Gasteiger partial charge in [0.1, 0.15) is 5.82 Å². The Hall–Kier alpha value is -2.18. The monoisotopic (exact) mass is 294 g/mol. The Bertz CT molecular complexity index is 536. The van der Waals surface area contributed by atoms with E-state index in [1.807, 2.05) is 0 Å². The highest BCUT2D eigenvalue weighted by molar-refractivity contribution is 5.91. The van der Waals surface area contributed by atoms with E-state index in [2.05, 4.69) is 15.5 Å². The molecule has 1 aromatic heterocycles. The topological polar surface area (TPSA) is 95.4 Å². The molecule has 1 heterocycles. The molecule has 7 heteroatoms. The quantitative estimate of drug-likeness (QED) is 0.854. The van der Waals surface area contributed by atoms with Gasteiger partial charge in [0.15, 0.2) is 5.69 Å². The van der Waals surface area contributed by atoms with Gasteiger partial charge in [0, 0.05) is 19.6 Å². The van der Waals surface area contributed by atoms with Gasteiger partial charge in [-0.05, 0) is 39.8 Å². The highest BCUT2D eigenvalue weighted by Gasteiger charge is 2.43. The van der Waals surface area contributed by atoms with Crippen LogP contribution in [-0.2, 0) is 4.79 Å². The predicted molar refractivity (Wildman–Crippen MR) is 79.2 cm³/mol. The maximum atomic E-state index is 11.7. The lowest BCUT2D eigenvalue weighted by atomic mass is 9.74. The molecule has 7 nitrogen and oxygen atoms in total. The lowest BCUT2D eigenvalue weighted by molar-refractivity contribution is -0.149. The molecule has 0 aliphatic rings. The van der Waals surface area contributed by atoms with Crippen LogP contribution in [0.3, 0.4) is 0 Å². The summed E-state index contributed by atoms with van der Waals surface area (Å²) in [6, 6.07) is 3.17. The fourth-order valence-corrected chi connectivity index (χ4v) is 1.49. The van der Waals surface area contributed by atoms with Gasteiger partial charge in [-0.15, -0.1) is 10.2 Å². The summed E-state index contributed by atoms with van der Waals surface area (Å²) in [5.74, 6) is -0.726. The van der Waals surface area contributed by atoms with Crippen molar-refractivity contribution < 1.29 is 14.7 Å². The van der Waals surface area contributed by atoms with E-state index in [4.69, 9.17) is 0 Å². The van der Waals surface area contributed by atoms with Crippen LogP contribution < -0.4 is 5.32 Å². The molecule has 1 amide bonds. The fourth-order valence-electron chi connectivity index (χ4n) is 1.49. The number of carboxylic acids is 1. The zero-order valence-corrected chi connectivity index (χ0v) is 13.3. The molecule has 0 bridgehead atoms. The third-order valence-electron chi connectivity index (χ3n) is 3.83. The van der Waals surface area contributed by atoms with Crippen LogP contribution in [0.2, 0.25) is 0 Å². The second-order valence-corrected chi connectivity index (χ2v) is 6.18. The summed E-state index contributed by atoms with van der Waals surface area (Å²) in [5, 5.41) is 20.2. The number of amides is 1. The van der Waals surface area contributed by atoms with Crippen molar-refractivity contribution in [2.45, 2.75) is 33.2 Å². The van der Waals surface area contributed by atoms with Gasteiger partial charge in [0.2, 0.25) is 0 Å². The number of aromatic nitrogens is 2. The van der Waals surface area contributed by atoms with Crippen LogP contribution in [0.5, 0.6) is 0 Å². The Morgan fingerprint density at radius 3 is 2.10 bits per heavy atom. The predicted octanol–water partition coefficient (Wildman–Crippen LogP) is 1.48. The van der Waals surface area contributed by atoms with Crippen molar-refractivity contribution in [3.05, 3.63) is 17.8 Å². The zero-order chi connectivity index (χ0) is 16.4. The van der Waals surface area contributed by atoms with E-state index in [1.165, 1.54) is 4.90 Å². The minimum Gasteiger partial charge on any atom is -0.481 e. The molecule has 0 spiro atoms. The van der Waals surface area contributed by atoms with Crippen LogP contribution >= 0.6 is 0 Å². The smallest absolute Gasteiger partial charge is 0.311 e. The van der Waals surface area contributed by atoms with Gasteiger partial charge < -0.3 is 15.3 Å². The van der Waals surface area contributed by atoms with E-state index in [-0.39, 0.29) is 11.6 Å². The second kappa shape index (κ2) is 5.67. The average molecular weight is 294 g/mol. The maximum Gasteiger partial charge on any atom is 0.311 e. The maximum absolute atomic E-state index is 11.7. The molecule has 0 unspecified atom stereocenters. The van der Waals surface area contributed by atoms with E-state index in [0.29, 0.717) is 5.82 Å². The third kappa shape index (κ3) is 3.48. The van der Waals surface area contributed by atoms with Crippen molar-refractivity contribution >= 4 is 17.7 Å². The minimum absolute atomic E-state index is 0.237. The van der Waals surface area contributed by atoms with Gasteiger partial charge in [0.05, 0.1) is 5.41 Å². The Morgan fingerprint density at radius 1 is 1.14 bits per heavy atom. The number of carboxylic acid groups (broad SMARTS) is 1. The summed E-state index contributed by atoms with van der Waals surface area (Å²) < 4.78 is 0. The SMILES string of the molecule is CN(C)C(=O)c1ccc(NC(C)(C)C(C)(C)C(=O)O)nn1. The van der Waals surface area contributed by atoms with Crippen LogP contribution in [0.25, 0.3) is 0 Å². The number of aliphatic carboxylic acids is 1. The largest absolute Gasteiger partial charge is 0.481 e. The van der Waals surface area contributed by atoms with E-state index in [0.717, 1.165) is 0 Å². The summed E-state index contributed by atoms with van der Waals surface area (Å²) in [5.41, 5.74) is -1.52. The van der Waals surface area contributed by atoms with Gasteiger partial charge in [0.25, 0.3) is 5.91 Å². The van der Waals surface area contributed by atoms with Crippen molar-refractivity contribution in [1.29, 1.82) is 0 Å². The van der Waals surface area contributed by atoms with Crippen molar-refractivity contribution in [3.63, 3.8) is 0 Å². The standard InChI is InChI=1S/C14H22N4O3/c1-13(2,12(20)21)14(3,4)15-10-8-7-9(16-17-10)11(19)18(5)6/h7-8H,1-6H3,(H,15,17)(H,20,21). The highest BCUT2D eigenvalue weighted by atomic mass is 16.4. The van der Waals surface area contributed by atoms with E-state index >= 15 is 0 Å². The first kappa shape index (κ1) is 16.9. The molecule has 0 aliphatic carbocycles. The van der Waals surface area contributed by atoms with Crippen LogP contribution in [0.4, 0.5) is 5.82 Å². The number of nitrogens with zero attached hydrogens (tertiary/aromatic N) is 3. The minimum atomic E-state index is -1.01. The molecule has 0 saturated carbocycles. The van der Waals surface area contributed by atoms with Crippen molar-refractivity contribution in [2.75, 3.05) is 19.4 Å². The number of hydrogen-bond acceptors (Lipinski definition) is 5. The van der Waals surface area contributed by atoms with Gasteiger partial charge in [-0.1, -0.05) is 0 Å². The normalized spacial score (nSPS) is 11.9. The molecule has 1 aromatic rings. The molecule has 0 radical (unpaired) electrons. The van der Waals surface area contributed by atoms with Gasteiger partial charge in [-0.2, -0.15) is 0 Å². The first-order valence-electron chi connectivity index (χ1n) is 6.56. The van der Waals surface area contributed by atoms with Crippen molar-refractivity contribution in [2.24, 2.45) is 5.41 Å². The van der Waals surface area contributed by atoms with E-state index in [9.17, 15) is 14.7 Å². The third-order valence-corrected chi connectivity index (χ3v) is 3.83. The number of rotatable bonds is 5. The molecule has 116 valence electrons. The van der Waals surface area contributed by atoms with Gasteiger partial charge in [-0.3, -0.25) is 9.59 Å². The molecule has 21 heavy (non-hydrogen) atoms. The van der Waals surface area contributed by atoms with Gasteiger partial charge >= 0.3 is 5.97 Å². The average Bonchev–Trinajstić information content (AvgIpc) is 2.37. The second-order valence-electron chi connectivity index (χ2n) is 6.18. The Kier molecular flexibility index (Phi) is 4.56. The summed E-state index contributed by atoms with van der Waals surface area (Å²) in [6.45, 7) is 6.84. The van der Waals surface area contributed by atoms with E-state index in [1.54, 1.807) is 53.9 Å². The molecule has 0 aromatic carbocycles. The first-order valence-corrected chi connectivity index (χ1v) is 6.56. The summed E-state index contributed by atoms with van der Waals surface area (Å²) in [7, 11) is 3.27. The van der Waals surface area contributed by atoms with Crippen LogP contribution in [-0.4, -0.2) is 51.7 Å². The molecule has 0 saturated heterocycles. The van der Waals surface area contributed by atoms with Crippen molar-refractivity contribution in [3.8, 4) is 0 Å². The van der Waals surface area contributed by atoms with Gasteiger partial charge in [-0.25, -0.2) is 0 Å². The highest BCUT2D eigenvalue weighted by Crippen LogP contribution is 2.33. The zero-order valence-electron chi connectivity index (χ0n) is 13.3.